The van der Waals surface area contributed by atoms with Gasteiger partial charge >= 0.3 is 0 Å². The smallest absolute Gasteiger partial charge is 0.222 e. The number of aryl methyl sites for hydroxylation is 1. The maximum absolute atomic E-state index is 12.8. The summed E-state index contributed by atoms with van der Waals surface area (Å²) in [6, 6.07) is 4.01. The molecule has 1 aliphatic heterocycles. The Morgan fingerprint density at radius 3 is 2.74 bits per heavy atom. The lowest BCUT2D eigenvalue weighted by atomic mass is 9.96. The summed E-state index contributed by atoms with van der Waals surface area (Å²) in [6.07, 6.45) is 13.7. The highest BCUT2D eigenvalue weighted by molar-refractivity contribution is 5.76. The minimum atomic E-state index is 0.376. The van der Waals surface area contributed by atoms with Crippen LogP contribution in [0.25, 0.3) is 11.4 Å². The van der Waals surface area contributed by atoms with Crippen LogP contribution < -0.4 is 0 Å². The summed E-state index contributed by atoms with van der Waals surface area (Å²) in [4.78, 5) is 23.7. The number of carbonyl (C=O) groups excluding carboxylic acids is 1. The molecule has 0 N–H and O–H groups in total. The van der Waals surface area contributed by atoms with Gasteiger partial charge in [-0.2, -0.15) is 0 Å². The van der Waals surface area contributed by atoms with E-state index in [-0.39, 0.29) is 0 Å². The zero-order valence-electron chi connectivity index (χ0n) is 16.3. The highest BCUT2D eigenvalue weighted by Crippen LogP contribution is 2.29. The van der Waals surface area contributed by atoms with Gasteiger partial charge in [-0.1, -0.05) is 12.8 Å². The van der Waals surface area contributed by atoms with Crippen molar-refractivity contribution in [3.8, 4) is 11.4 Å². The van der Waals surface area contributed by atoms with E-state index in [2.05, 4.69) is 32.4 Å². The number of aromatic nitrogens is 3. The molecule has 2 fully saturated rings. The zero-order valence-corrected chi connectivity index (χ0v) is 16.3. The van der Waals surface area contributed by atoms with Gasteiger partial charge in [0.15, 0.2) is 0 Å². The Hall–Kier alpha value is -2.17. The fourth-order valence-electron chi connectivity index (χ4n) is 4.71. The van der Waals surface area contributed by atoms with E-state index < -0.39 is 0 Å². The minimum absolute atomic E-state index is 0.376. The molecule has 4 rings (SSSR count). The predicted octanol–water partition coefficient (Wildman–Crippen LogP) is 4.07. The fourth-order valence-corrected chi connectivity index (χ4v) is 4.71. The number of carbonyl (C=O) groups is 1. The summed E-state index contributed by atoms with van der Waals surface area (Å²) < 4.78 is 2.30. The molecule has 2 aromatic rings. The number of imidazole rings is 1. The molecule has 5 nitrogen and oxygen atoms in total. The van der Waals surface area contributed by atoms with Crippen LogP contribution in [0.1, 0.15) is 50.6 Å². The maximum Gasteiger partial charge on any atom is 0.222 e. The van der Waals surface area contributed by atoms with Crippen LogP contribution in [0, 0.1) is 18.8 Å². The molecule has 144 valence electrons. The Morgan fingerprint density at radius 2 is 1.96 bits per heavy atom. The molecule has 5 heteroatoms. The molecule has 2 aliphatic rings. The molecule has 1 aliphatic carbocycles. The standard InChI is InChI=1S/C22H30N4O/c1-17-13-24-22(20-9-4-10-23-14-20)26(17)16-19-8-5-11-25(15-19)21(27)12-18-6-2-3-7-18/h4,9-10,13-14,18-19H,2-3,5-8,11-12,15-16H2,1H3. The zero-order chi connectivity index (χ0) is 18.6. The van der Waals surface area contributed by atoms with Gasteiger partial charge < -0.3 is 9.47 Å². The molecule has 1 unspecified atom stereocenters. The van der Waals surface area contributed by atoms with Crippen LogP contribution in [0.4, 0.5) is 0 Å². The van der Waals surface area contributed by atoms with Crippen LogP contribution >= 0.6 is 0 Å². The summed E-state index contributed by atoms with van der Waals surface area (Å²) >= 11 is 0. The van der Waals surface area contributed by atoms with E-state index in [4.69, 9.17) is 0 Å². The van der Waals surface area contributed by atoms with Crippen molar-refractivity contribution in [1.29, 1.82) is 0 Å². The molecule has 2 aromatic heterocycles. The molecular weight excluding hydrogens is 336 g/mol. The first-order valence-electron chi connectivity index (χ1n) is 10.4. The molecule has 1 saturated carbocycles. The van der Waals surface area contributed by atoms with Gasteiger partial charge in [-0.05, 0) is 56.6 Å². The Labute approximate surface area is 161 Å². The lowest BCUT2D eigenvalue weighted by molar-refractivity contribution is -0.134. The van der Waals surface area contributed by atoms with Crippen LogP contribution in [0.3, 0.4) is 0 Å². The van der Waals surface area contributed by atoms with Gasteiger partial charge in [0.2, 0.25) is 5.91 Å². The van der Waals surface area contributed by atoms with Gasteiger partial charge in [0.25, 0.3) is 0 Å². The lowest BCUT2D eigenvalue weighted by Gasteiger charge is -2.34. The average molecular weight is 367 g/mol. The van der Waals surface area contributed by atoms with Crippen LogP contribution in [0.2, 0.25) is 0 Å². The number of likely N-dealkylation sites (tertiary alicyclic amines) is 1. The first kappa shape index (κ1) is 18.2. The van der Waals surface area contributed by atoms with Crippen molar-refractivity contribution in [3.05, 3.63) is 36.4 Å². The Bertz CT molecular complexity index is 764. The van der Waals surface area contributed by atoms with Crippen molar-refractivity contribution >= 4 is 5.91 Å². The van der Waals surface area contributed by atoms with E-state index in [9.17, 15) is 4.79 Å². The van der Waals surface area contributed by atoms with Gasteiger partial charge in [-0.15, -0.1) is 0 Å². The molecule has 27 heavy (non-hydrogen) atoms. The average Bonchev–Trinajstić information content (AvgIpc) is 3.33. The van der Waals surface area contributed by atoms with E-state index in [1.54, 1.807) is 6.20 Å². The summed E-state index contributed by atoms with van der Waals surface area (Å²) in [7, 11) is 0. The number of rotatable bonds is 5. The van der Waals surface area contributed by atoms with Crippen molar-refractivity contribution in [3.63, 3.8) is 0 Å². The number of pyridine rings is 1. The number of hydrogen-bond donors (Lipinski definition) is 0. The first-order chi connectivity index (χ1) is 13.2. The molecule has 1 saturated heterocycles. The van der Waals surface area contributed by atoms with Crippen LogP contribution in [-0.4, -0.2) is 38.4 Å². The first-order valence-corrected chi connectivity index (χ1v) is 10.4. The van der Waals surface area contributed by atoms with Gasteiger partial charge in [0.1, 0.15) is 5.82 Å². The van der Waals surface area contributed by atoms with Gasteiger partial charge in [0, 0.05) is 55.9 Å². The van der Waals surface area contributed by atoms with Gasteiger partial charge in [-0.25, -0.2) is 4.98 Å². The highest BCUT2D eigenvalue weighted by atomic mass is 16.2. The highest BCUT2D eigenvalue weighted by Gasteiger charge is 2.27. The van der Waals surface area contributed by atoms with Crippen molar-refractivity contribution in [1.82, 2.24) is 19.4 Å². The number of hydrogen-bond acceptors (Lipinski definition) is 3. The second-order valence-electron chi connectivity index (χ2n) is 8.28. The van der Waals surface area contributed by atoms with Crippen molar-refractivity contribution in [2.45, 2.75) is 58.4 Å². The summed E-state index contributed by atoms with van der Waals surface area (Å²) in [5.41, 5.74) is 2.22. The van der Waals surface area contributed by atoms with Crippen molar-refractivity contribution in [2.24, 2.45) is 11.8 Å². The Kier molecular flexibility index (Phi) is 5.55. The third kappa shape index (κ3) is 4.23. The maximum atomic E-state index is 12.8. The lowest BCUT2D eigenvalue weighted by Crippen LogP contribution is -2.41. The van der Waals surface area contributed by atoms with Crippen molar-refractivity contribution < 1.29 is 4.79 Å². The monoisotopic (exact) mass is 366 g/mol. The summed E-state index contributed by atoms with van der Waals surface area (Å²) in [5, 5.41) is 0. The minimum Gasteiger partial charge on any atom is -0.342 e. The van der Waals surface area contributed by atoms with Crippen molar-refractivity contribution in [2.75, 3.05) is 13.1 Å². The molecule has 0 radical (unpaired) electrons. The quantitative estimate of drug-likeness (QED) is 0.801. The normalized spacial score (nSPS) is 20.9. The molecule has 0 aromatic carbocycles. The predicted molar refractivity (Wildman–Crippen MR) is 106 cm³/mol. The summed E-state index contributed by atoms with van der Waals surface area (Å²) in [6.45, 7) is 4.85. The number of nitrogens with zero attached hydrogens (tertiary/aromatic N) is 4. The van der Waals surface area contributed by atoms with E-state index in [1.165, 1.54) is 37.8 Å². The van der Waals surface area contributed by atoms with Gasteiger partial charge in [0.05, 0.1) is 0 Å². The Balaban J connectivity index is 1.42. The van der Waals surface area contributed by atoms with Gasteiger partial charge in [-0.3, -0.25) is 9.78 Å². The third-order valence-electron chi connectivity index (χ3n) is 6.23. The Morgan fingerprint density at radius 1 is 1.15 bits per heavy atom. The molecular formula is C22H30N4O. The second kappa shape index (κ2) is 8.24. The van der Waals surface area contributed by atoms with E-state index in [1.807, 2.05) is 18.5 Å². The molecule has 0 bridgehead atoms. The van der Waals surface area contributed by atoms with E-state index in [0.717, 1.165) is 43.9 Å². The third-order valence-corrected chi connectivity index (χ3v) is 6.23. The van der Waals surface area contributed by atoms with Crippen LogP contribution in [0.5, 0.6) is 0 Å². The SMILES string of the molecule is Cc1cnc(-c2cccnc2)n1CC1CCCN(C(=O)CC2CCCC2)C1. The number of piperidine rings is 1. The second-order valence-corrected chi connectivity index (χ2v) is 8.28. The fraction of sp³-hybridized carbons (Fsp3) is 0.591. The number of amides is 1. The van der Waals surface area contributed by atoms with E-state index >= 15 is 0 Å². The van der Waals surface area contributed by atoms with Crippen LogP contribution in [-0.2, 0) is 11.3 Å². The van der Waals surface area contributed by atoms with Crippen LogP contribution in [0.15, 0.2) is 30.7 Å². The summed E-state index contributed by atoms with van der Waals surface area (Å²) in [5.74, 6) is 2.48. The molecule has 1 atom stereocenters. The largest absolute Gasteiger partial charge is 0.342 e. The molecule has 0 spiro atoms. The van der Waals surface area contributed by atoms with E-state index in [0.29, 0.717) is 17.7 Å². The molecule has 1 amide bonds. The molecule has 3 heterocycles. The topological polar surface area (TPSA) is 51.0 Å².